The Bertz CT molecular complexity index is 445. The number of ketones is 1. The Hall–Kier alpha value is -1.97. The van der Waals surface area contributed by atoms with Crippen molar-refractivity contribution in [3.05, 3.63) is 35.9 Å². The molecule has 1 aromatic rings. The first-order valence-electron chi connectivity index (χ1n) is 5.81. The van der Waals surface area contributed by atoms with Crippen LogP contribution in [-0.4, -0.2) is 17.9 Å². The van der Waals surface area contributed by atoms with Gasteiger partial charge in [-0.05, 0) is 12.1 Å². The van der Waals surface area contributed by atoms with Gasteiger partial charge in [0, 0.05) is 23.6 Å². The zero-order valence-electron chi connectivity index (χ0n) is 10.9. The predicted molar refractivity (Wildman–Crippen MR) is 71.5 cm³/mol. The molecule has 0 aliphatic heterocycles. The van der Waals surface area contributed by atoms with Crippen molar-refractivity contribution in [1.29, 1.82) is 0 Å². The topological polar surface area (TPSA) is 58.5 Å². The summed E-state index contributed by atoms with van der Waals surface area (Å²) in [4.78, 5) is 23.2. The number of rotatable bonds is 4. The van der Waals surface area contributed by atoms with Crippen LogP contribution in [0, 0.1) is 5.41 Å². The number of benzene rings is 1. The third-order valence-electron chi connectivity index (χ3n) is 2.41. The van der Waals surface area contributed by atoms with Crippen LogP contribution in [0.1, 0.15) is 37.6 Å². The maximum Gasteiger partial charge on any atom is 0.271 e. The van der Waals surface area contributed by atoms with Gasteiger partial charge in [0.2, 0.25) is 0 Å². The lowest BCUT2D eigenvalue weighted by molar-refractivity contribution is -0.124. The van der Waals surface area contributed by atoms with E-state index in [-0.39, 0.29) is 23.5 Å². The second kappa shape index (κ2) is 6.10. The van der Waals surface area contributed by atoms with Gasteiger partial charge in [-0.2, -0.15) is 5.10 Å². The fraction of sp³-hybridized carbons (Fsp3) is 0.357. The van der Waals surface area contributed by atoms with E-state index in [1.165, 1.54) is 6.21 Å². The van der Waals surface area contributed by atoms with Crippen LogP contribution in [0.3, 0.4) is 0 Å². The van der Waals surface area contributed by atoms with Crippen molar-refractivity contribution >= 4 is 17.9 Å². The number of nitrogens with zero attached hydrogens (tertiary/aromatic N) is 1. The molecule has 0 heterocycles. The third-order valence-corrected chi connectivity index (χ3v) is 2.41. The van der Waals surface area contributed by atoms with E-state index in [1.54, 1.807) is 24.3 Å². The van der Waals surface area contributed by atoms with Crippen molar-refractivity contribution in [2.24, 2.45) is 10.5 Å². The van der Waals surface area contributed by atoms with Crippen LogP contribution >= 0.6 is 0 Å². The van der Waals surface area contributed by atoms with Gasteiger partial charge in [0.15, 0.2) is 0 Å². The molecule has 1 amide bonds. The molecule has 0 saturated heterocycles. The fourth-order valence-corrected chi connectivity index (χ4v) is 1.19. The summed E-state index contributed by atoms with van der Waals surface area (Å²) >= 11 is 0. The number of amides is 1. The first-order valence-corrected chi connectivity index (χ1v) is 5.81. The normalized spacial score (nSPS) is 11.5. The molecule has 0 spiro atoms. The summed E-state index contributed by atoms with van der Waals surface area (Å²) in [5.41, 5.74) is 2.54. The van der Waals surface area contributed by atoms with Crippen molar-refractivity contribution < 1.29 is 9.59 Å². The monoisotopic (exact) mass is 246 g/mol. The highest BCUT2D eigenvalue weighted by Gasteiger charge is 2.19. The van der Waals surface area contributed by atoms with Gasteiger partial charge in [-0.1, -0.05) is 39.0 Å². The Morgan fingerprint density at radius 2 is 1.83 bits per heavy atom. The standard InChI is InChI=1S/C14H18N2O2/c1-14(2,3)12(17)9-10-15-16-13(18)11-7-5-4-6-8-11/h4-8,10H,9H2,1-3H3,(H,16,18)/b15-10+. The number of Topliss-reactive ketones (excluding diaryl/α,β-unsaturated/α-hetero) is 1. The zero-order valence-corrected chi connectivity index (χ0v) is 10.9. The Morgan fingerprint density at radius 3 is 2.39 bits per heavy atom. The maximum atomic E-state index is 11.6. The molecule has 1 rings (SSSR count). The van der Waals surface area contributed by atoms with Gasteiger partial charge in [0.05, 0.1) is 0 Å². The lowest BCUT2D eigenvalue weighted by atomic mass is 9.89. The molecule has 0 aromatic heterocycles. The molecule has 4 nitrogen and oxygen atoms in total. The van der Waals surface area contributed by atoms with E-state index in [2.05, 4.69) is 10.5 Å². The zero-order chi connectivity index (χ0) is 13.6. The van der Waals surface area contributed by atoms with Crippen LogP contribution in [0.5, 0.6) is 0 Å². The van der Waals surface area contributed by atoms with Crippen molar-refractivity contribution in [3.63, 3.8) is 0 Å². The second-order valence-electron chi connectivity index (χ2n) is 5.00. The Morgan fingerprint density at radius 1 is 1.22 bits per heavy atom. The minimum Gasteiger partial charge on any atom is -0.299 e. The van der Waals surface area contributed by atoms with E-state index >= 15 is 0 Å². The van der Waals surface area contributed by atoms with E-state index in [4.69, 9.17) is 0 Å². The summed E-state index contributed by atoms with van der Waals surface area (Å²) in [6.07, 6.45) is 1.65. The van der Waals surface area contributed by atoms with Crippen LogP contribution < -0.4 is 5.43 Å². The minimum absolute atomic E-state index is 0.0835. The maximum absolute atomic E-state index is 11.6. The summed E-state index contributed by atoms with van der Waals surface area (Å²) in [7, 11) is 0. The number of hydrogen-bond donors (Lipinski definition) is 1. The summed E-state index contributed by atoms with van der Waals surface area (Å²) in [6, 6.07) is 8.79. The molecule has 0 unspecified atom stereocenters. The van der Waals surface area contributed by atoms with Crippen LogP contribution in [0.25, 0.3) is 0 Å². The van der Waals surface area contributed by atoms with Crippen LogP contribution in [0.15, 0.2) is 35.4 Å². The van der Waals surface area contributed by atoms with Crippen LogP contribution in [-0.2, 0) is 4.79 Å². The van der Waals surface area contributed by atoms with Crippen LogP contribution in [0.4, 0.5) is 0 Å². The molecule has 0 aliphatic carbocycles. The van der Waals surface area contributed by atoms with Crippen molar-refractivity contribution in [1.82, 2.24) is 5.43 Å². The number of carbonyl (C=O) groups excluding carboxylic acids is 2. The summed E-state index contributed by atoms with van der Waals surface area (Å²) in [6.45, 7) is 5.56. The van der Waals surface area contributed by atoms with Gasteiger partial charge in [0.25, 0.3) is 5.91 Å². The van der Waals surface area contributed by atoms with Crippen LogP contribution in [0.2, 0.25) is 0 Å². The van der Waals surface area contributed by atoms with E-state index < -0.39 is 0 Å². The molecular weight excluding hydrogens is 228 g/mol. The summed E-state index contributed by atoms with van der Waals surface area (Å²) in [5.74, 6) is -0.199. The Kier molecular flexibility index (Phi) is 4.77. The molecule has 0 fully saturated rings. The third kappa shape index (κ3) is 4.49. The van der Waals surface area contributed by atoms with E-state index in [1.807, 2.05) is 26.8 Å². The van der Waals surface area contributed by atoms with Crippen molar-refractivity contribution in [2.45, 2.75) is 27.2 Å². The van der Waals surface area contributed by atoms with Gasteiger partial charge < -0.3 is 0 Å². The quantitative estimate of drug-likeness (QED) is 0.655. The first-order chi connectivity index (χ1) is 8.41. The number of nitrogens with one attached hydrogen (secondary N) is 1. The summed E-state index contributed by atoms with van der Waals surface area (Å²) < 4.78 is 0. The van der Waals surface area contributed by atoms with Gasteiger partial charge in [-0.15, -0.1) is 0 Å². The van der Waals surface area contributed by atoms with E-state index in [0.29, 0.717) is 5.56 Å². The lowest BCUT2D eigenvalue weighted by Crippen LogP contribution is -2.21. The lowest BCUT2D eigenvalue weighted by Gasteiger charge is -2.14. The number of hydrogen-bond acceptors (Lipinski definition) is 3. The average Bonchev–Trinajstić information content (AvgIpc) is 2.34. The van der Waals surface area contributed by atoms with Gasteiger partial charge in [-0.3, -0.25) is 9.59 Å². The molecule has 18 heavy (non-hydrogen) atoms. The SMILES string of the molecule is CC(C)(C)C(=O)C/C=N/NC(=O)c1ccccc1. The largest absolute Gasteiger partial charge is 0.299 e. The van der Waals surface area contributed by atoms with E-state index in [0.717, 1.165) is 0 Å². The minimum atomic E-state index is -0.380. The van der Waals surface area contributed by atoms with Crippen molar-refractivity contribution in [2.75, 3.05) is 0 Å². The van der Waals surface area contributed by atoms with Gasteiger partial charge in [0.1, 0.15) is 5.78 Å². The Balaban J connectivity index is 2.42. The first kappa shape index (κ1) is 14.1. The molecule has 1 aromatic carbocycles. The number of carbonyl (C=O) groups is 2. The molecule has 0 saturated carbocycles. The molecule has 0 aliphatic rings. The number of hydrazone groups is 1. The highest BCUT2D eigenvalue weighted by molar-refractivity contribution is 5.96. The molecule has 1 N–H and O–H groups in total. The molecule has 0 bridgehead atoms. The molecule has 96 valence electrons. The Labute approximate surface area is 107 Å². The average molecular weight is 246 g/mol. The molecule has 4 heteroatoms. The molecular formula is C14H18N2O2. The van der Waals surface area contributed by atoms with Crippen molar-refractivity contribution in [3.8, 4) is 0 Å². The van der Waals surface area contributed by atoms with E-state index in [9.17, 15) is 9.59 Å². The highest BCUT2D eigenvalue weighted by atomic mass is 16.2. The fourth-order valence-electron chi connectivity index (χ4n) is 1.19. The molecule has 0 radical (unpaired) electrons. The molecule has 0 atom stereocenters. The van der Waals surface area contributed by atoms with Gasteiger partial charge in [-0.25, -0.2) is 5.43 Å². The summed E-state index contributed by atoms with van der Waals surface area (Å²) in [5, 5.41) is 3.76. The highest BCUT2D eigenvalue weighted by Crippen LogP contribution is 2.15. The second-order valence-corrected chi connectivity index (χ2v) is 5.00. The predicted octanol–water partition coefficient (Wildman–Crippen LogP) is 2.41. The smallest absolute Gasteiger partial charge is 0.271 e. The van der Waals surface area contributed by atoms with Gasteiger partial charge >= 0.3 is 0 Å².